The number of hydrogen-bond acceptors (Lipinski definition) is 4. The molecule has 1 aromatic rings. The van der Waals surface area contributed by atoms with Crippen molar-refractivity contribution >= 4 is 17.5 Å². The van der Waals surface area contributed by atoms with Crippen LogP contribution in [-0.2, 0) is 4.79 Å². The fraction of sp³-hybridized carbons (Fsp3) is 0.467. The number of nitrogens with two attached hydrogens (primary N) is 2. The number of hydrogen-bond donors (Lipinski definition) is 3. The third kappa shape index (κ3) is 4.27. The van der Waals surface area contributed by atoms with Gasteiger partial charge in [0.1, 0.15) is 0 Å². The Morgan fingerprint density at radius 1 is 1.24 bits per heavy atom. The van der Waals surface area contributed by atoms with Crippen LogP contribution in [0.4, 0.5) is 5.69 Å². The Balaban J connectivity index is 1.90. The third-order valence-electron chi connectivity index (χ3n) is 3.82. The summed E-state index contributed by atoms with van der Waals surface area (Å²) in [6, 6.07) is 6.84. The summed E-state index contributed by atoms with van der Waals surface area (Å²) in [5.74, 6) is -0.547. The van der Waals surface area contributed by atoms with Crippen LogP contribution in [-0.4, -0.2) is 42.4 Å². The lowest BCUT2D eigenvalue weighted by molar-refractivity contribution is -0.118. The first-order valence-corrected chi connectivity index (χ1v) is 7.24. The van der Waals surface area contributed by atoms with Crippen molar-refractivity contribution < 1.29 is 9.59 Å². The van der Waals surface area contributed by atoms with Gasteiger partial charge in [0.2, 0.25) is 11.8 Å². The molecule has 1 saturated heterocycles. The molecular formula is C15H22N4O2. The molecule has 114 valence electrons. The zero-order chi connectivity index (χ0) is 15.2. The van der Waals surface area contributed by atoms with Crippen molar-refractivity contribution in [3.05, 3.63) is 29.8 Å². The number of likely N-dealkylation sites (tertiary alicyclic amines) is 1. The highest BCUT2D eigenvalue weighted by molar-refractivity contribution is 5.95. The van der Waals surface area contributed by atoms with Crippen LogP contribution in [0.15, 0.2) is 24.3 Å². The summed E-state index contributed by atoms with van der Waals surface area (Å²) in [6.07, 6.45) is 3.34. The van der Waals surface area contributed by atoms with Gasteiger partial charge in [-0.15, -0.1) is 0 Å². The SMILES string of the molecule is NCC1CCCCN1CC(=O)Nc1ccc(C(N)=O)cc1. The zero-order valence-corrected chi connectivity index (χ0v) is 12.0. The first-order chi connectivity index (χ1) is 10.1. The van der Waals surface area contributed by atoms with E-state index in [1.807, 2.05) is 0 Å². The molecule has 0 aromatic heterocycles. The van der Waals surface area contributed by atoms with E-state index in [1.165, 1.54) is 6.42 Å². The average Bonchev–Trinajstić information content (AvgIpc) is 2.48. The van der Waals surface area contributed by atoms with Crippen LogP contribution in [0, 0.1) is 0 Å². The second-order valence-electron chi connectivity index (χ2n) is 5.35. The Morgan fingerprint density at radius 2 is 1.95 bits per heavy atom. The molecule has 0 spiro atoms. The predicted octanol–water partition coefficient (Wildman–Crippen LogP) is 0.537. The number of anilines is 1. The van der Waals surface area contributed by atoms with Crippen molar-refractivity contribution in [2.75, 3.05) is 25.0 Å². The molecule has 1 atom stereocenters. The number of amides is 2. The number of nitrogens with zero attached hydrogens (tertiary/aromatic N) is 1. The van der Waals surface area contributed by atoms with Crippen molar-refractivity contribution in [2.24, 2.45) is 11.5 Å². The molecule has 1 fully saturated rings. The van der Waals surface area contributed by atoms with Crippen LogP contribution in [0.25, 0.3) is 0 Å². The van der Waals surface area contributed by atoms with E-state index in [1.54, 1.807) is 24.3 Å². The van der Waals surface area contributed by atoms with Gasteiger partial charge in [0.15, 0.2) is 0 Å². The van der Waals surface area contributed by atoms with Crippen LogP contribution in [0.2, 0.25) is 0 Å². The zero-order valence-electron chi connectivity index (χ0n) is 12.0. The maximum atomic E-state index is 12.1. The van der Waals surface area contributed by atoms with E-state index in [-0.39, 0.29) is 5.91 Å². The van der Waals surface area contributed by atoms with E-state index in [4.69, 9.17) is 11.5 Å². The van der Waals surface area contributed by atoms with E-state index >= 15 is 0 Å². The van der Waals surface area contributed by atoms with Crippen molar-refractivity contribution in [2.45, 2.75) is 25.3 Å². The molecule has 1 heterocycles. The Morgan fingerprint density at radius 3 is 2.57 bits per heavy atom. The number of rotatable bonds is 5. The van der Waals surface area contributed by atoms with Gasteiger partial charge >= 0.3 is 0 Å². The van der Waals surface area contributed by atoms with E-state index in [0.29, 0.717) is 30.4 Å². The first kappa shape index (κ1) is 15.5. The quantitative estimate of drug-likeness (QED) is 0.736. The molecule has 1 aliphatic rings. The molecule has 1 unspecified atom stereocenters. The minimum absolute atomic E-state index is 0.0674. The molecule has 1 aliphatic heterocycles. The number of primary amides is 1. The second-order valence-corrected chi connectivity index (χ2v) is 5.35. The van der Waals surface area contributed by atoms with Crippen LogP contribution in [0.1, 0.15) is 29.6 Å². The van der Waals surface area contributed by atoms with Crippen molar-refractivity contribution in [3.8, 4) is 0 Å². The number of benzene rings is 1. The highest BCUT2D eigenvalue weighted by Gasteiger charge is 2.22. The number of carbonyl (C=O) groups excluding carboxylic acids is 2. The Labute approximate surface area is 124 Å². The standard InChI is InChI=1S/C15H22N4O2/c16-9-13-3-1-2-8-19(13)10-14(20)18-12-6-4-11(5-7-12)15(17)21/h4-7,13H,1-3,8-10,16H2,(H2,17,21)(H,18,20). The van der Waals surface area contributed by atoms with Crippen molar-refractivity contribution in [3.63, 3.8) is 0 Å². The molecule has 0 bridgehead atoms. The smallest absolute Gasteiger partial charge is 0.248 e. The monoisotopic (exact) mass is 290 g/mol. The van der Waals surface area contributed by atoms with Gasteiger partial charge in [-0.3, -0.25) is 14.5 Å². The van der Waals surface area contributed by atoms with Crippen LogP contribution >= 0.6 is 0 Å². The van der Waals surface area contributed by atoms with Gasteiger partial charge in [-0.1, -0.05) is 6.42 Å². The predicted molar refractivity (Wildman–Crippen MR) is 81.9 cm³/mol. The molecule has 6 nitrogen and oxygen atoms in total. The third-order valence-corrected chi connectivity index (χ3v) is 3.82. The number of piperidine rings is 1. The summed E-state index contributed by atoms with van der Waals surface area (Å²) in [5, 5.41) is 2.83. The molecule has 0 aliphatic carbocycles. The van der Waals surface area contributed by atoms with Gasteiger partial charge in [0.25, 0.3) is 0 Å². The lowest BCUT2D eigenvalue weighted by Crippen LogP contribution is -2.47. The lowest BCUT2D eigenvalue weighted by Gasteiger charge is -2.34. The molecule has 5 N–H and O–H groups in total. The molecule has 2 rings (SSSR count). The van der Waals surface area contributed by atoms with E-state index in [9.17, 15) is 9.59 Å². The lowest BCUT2D eigenvalue weighted by atomic mass is 10.0. The highest BCUT2D eigenvalue weighted by atomic mass is 16.2. The topological polar surface area (TPSA) is 101 Å². The molecule has 0 radical (unpaired) electrons. The van der Waals surface area contributed by atoms with Gasteiger partial charge in [0, 0.05) is 23.8 Å². The van der Waals surface area contributed by atoms with E-state index < -0.39 is 5.91 Å². The largest absolute Gasteiger partial charge is 0.366 e. The van der Waals surface area contributed by atoms with Gasteiger partial charge in [-0.05, 0) is 43.7 Å². The Bertz CT molecular complexity index is 501. The average molecular weight is 290 g/mol. The minimum Gasteiger partial charge on any atom is -0.366 e. The summed E-state index contributed by atoms with van der Waals surface area (Å²) >= 11 is 0. The Hall–Kier alpha value is -1.92. The van der Waals surface area contributed by atoms with E-state index in [2.05, 4.69) is 10.2 Å². The molecule has 21 heavy (non-hydrogen) atoms. The fourth-order valence-electron chi connectivity index (χ4n) is 2.64. The highest BCUT2D eigenvalue weighted by Crippen LogP contribution is 2.16. The van der Waals surface area contributed by atoms with Gasteiger partial charge in [-0.2, -0.15) is 0 Å². The molecule has 0 saturated carbocycles. The maximum absolute atomic E-state index is 12.1. The Kier molecular flexibility index (Phi) is 5.30. The summed E-state index contributed by atoms with van der Waals surface area (Å²) < 4.78 is 0. The van der Waals surface area contributed by atoms with Crippen molar-refractivity contribution in [1.82, 2.24) is 4.90 Å². The second kappa shape index (κ2) is 7.19. The number of carbonyl (C=O) groups is 2. The van der Waals surface area contributed by atoms with Crippen LogP contribution < -0.4 is 16.8 Å². The molecule has 2 amide bonds. The fourth-order valence-corrected chi connectivity index (χ4v) is 2.64. The van der Waals surface area contributed by atoms with Crippen LogP contribution in [0.5, 0.6) is 0 Å². The number of nitrogens with one attached hydrogen (secondary N) is 1. The molecular weight excluding hydrogens is 268 g/mol. The first-order valence-electron chi connectivity index (χ1n) is 7.24. The van der Waals surface area contributed by atoms with Crippen LogP contribution in [0.3, 0.4) is 0 Å². The summed E-state index contributed by atoms with van der Waals surface area (Å²) in [5.41, 5.74) is 12.0. The molecule has 6 heteroatoms. The van der Waals surface area contributed by atoms with Gasteiger partial charge < -0.3 is 16.8 Å². The summed E-state index contributed by atoms with van der Waals surface area (Å²) in [7, 11) is 0. The van der Waals surface area contributed by atoms with E-state index in [0.717, 1.165) is 19.4 Å². The maximum Gasteiger partial charge on any atom is 0.248 e. The normalized spacial score (nSPS) is 19.2. The summed E-state index contributed by atoms with van der Waals surface area (Å²) in [6.45, 7) is 1.84. The van der Waals surface area contributed by atoms with Gasteiger partial charge in [-0.25, -0.2) is 0 Å². The summed E-state index contributed by atoms with van der Waals surface area (Å²) in [4.78, 5) is 25.2. The minimum atomic E-state index is -0.480. The van der Waals surface area contributed by atoms with Crippen molar-refractivity contribution in [1.29, 1.82) is 0 Å². The van der Waals surface area contributed by atoms with Gasteiger partial charge in [0.05, 0.1) is 6.54 Å². The molecule has 1 aromatic carbocycles.